The zero-order valence-corrected chi connectivity index (χ0v) is 11.2. The van der Waals surface area contributed by atoms with E-state index in [2.05, 4.69) is 14.9 Å². The molecule has 2 rings (SSSR count). The number of aliphatic hydroxyl groups is 1. The highest BCUT2D eigenvalue weighted by Crippen LogP contribution is 2.21. The van der Waals surface area contributed by atoms with Gasteiger partial charge >= 0.3 is 0 Å². The molecule has 0 spiro atoms. The van der Waals surface area contributed by atoms with Gasteiger partial charge in [0.25, 0.3) is 10.0 Å². The number of benzene rings is 1. The van der Waals surface area contributed by atoms with E-state index in [1.807, 2.05) is 0 Å². The Morgan fingerprint density at radius 1 is 1.32 bits per heavy atom. The second kappa shape index (κ2) is 5.52. The predicted molar refractivity (Wildman–Crippen MR) is 70.2 cm³/mol. The number of hydrogen-bond donors (Lipinski definition) is 2. The maximum atomic E-state index is 12.1. The maximum Gasteiger partial charge on any atom is 0.263 e. The van der Waals surface area contributed by atoms with E-state index in [1.165, 1.54) is 30.5 Å². The topological polar surface area (TPSA) is 92.2 Å². The lowest BCUT2D eigenvalue weighted by molar-refractivity contribution is 0.281. The molecule has 0 aliphatic rings. The van der Waals surface area contributed by atoms with E-state index in [0.717, 1.165) is 0 Å². The molecule has 1 heterocycles. The lowest BCUT2D eigenvalue weighted by atomic mass is 10.2. The summed E-state index contributed by atoms with van der Waals surface area (Å²) in [6.07, 6.45) is 1.43. The van der Waals surface area contributed by atoms with Crippen molar-refractivity contribution in [2.75, 3.05) is 4.72 Å². The summed E-state index contributed by atoms with van der Waals surface area (Å²) in [5, 5.41) is 16.6. The molecule has 0 saturated heterocycles. The van der Waals surface area contributed by atoms with Gasteiger partial charge in [0.1, 0.15) is 0 Å². The molecule has 0 atom stereocenters. The van der Waals surface area contributed by atoms with E-state index < -0.39 is 10.0 Å². The highest BCUT2D eigenvalue weighted by atomic mass is 35.5. The van der Waals surface area contributed by atoms with Crippen LogP contribution in [0.4, 0.5) is 5.82 Å². The third-order valence-corrected chi connectivity index (χ3v) is 4.03. The second-order valence-electron chi connectivity index (χ2n) is 3.63. The van der Waals surface area contributed by atoms with Gasteiger partial charge in [-0.3, -0.25) is 4.72 Å². The minimum absolute atomic E-state index is 0.00777. The molecule has 0 aliphatic carbocycles. The number of aliphatic hydroxyl groups excluding tert-OH is 1. The van der Waals surface area contributed by atoms with Crippen LogP contribution >= 0.6 is 11.6 Å². The second-order valence-corrected chi connectivity index (χ2v) is 5.72. The number of rotatable bonds is 4. The fourth-order valence-electron chi connectivity index (χ4n) is 1.39. The molecule has 0 aliphatic heterocycles. The van der Waals surface area contributed by atoms with Gasteiger partial charge < -0.3 is 5.11 Å². The van der Waals surface area contributed by atoms with Crippen molar-refractivity contribution in [1.82, 2.24) is 10.2 Å². The number of aromatic nitrogens is 2. The van der Waals surface area contributed by atoms with Gasteiger partial charge in [-0.2, -0.15) is 5.10 Å². The first-order valence-electron chi connectivity index (χ1n) is 5.23. The van der Waals surface area contributed by atoms with Crippen LogP contribution in [0.3, 0.4) is 0 Å². The quantitative estimate of drug-likeness (QED) is 0.891. The van der Waals surface area contributed by atoms with Gasteiger partial charge in [0.05, 0.1) is 11.5 Å². The Kier molecular flexibility index (Phi) is 3.98. The van der Waals surface area contributed by atoms with Crippen molar-refractivity contribution in [1.29, 1.82) is 0 Å². The Labute approximate surface area is 115 Å². The van der Waals surface area contributed by atoms with Crippen molar-refractivity contribution in [3.63, 3.8) is 0 Å². The molecule has 0 radical (unpaired) electrons. The largest absolute Gasteiger partial charge is 0.392 e. The summed E-state index contributed by atoms with van der Waals surface area (Å²) in [5.41, 5.74) is 0.337. The summed E-state index contributed by atoms with van der Waals surface area (Å²) in [5.74, 6) is 0.114. The highest BCUT2D eigenvalue weighted by molar-refractivity contribution is 7.92. The lowest BCUT2D eigenvalue weighted by Crippen LogP contribution is -2.14. The lowest BCUT2D eigenvalue weighted by Gasteiger charge is -2.08. The summed E-state index contributed by atoms with van der Waals surface area (Å²) in [6, 6.07) is 7.11. The normalized spacial score (nSPS) is 11.3. The summed E-state index contributed by atoms with van der Waals surface area (Å²) in [7, 11) is -3.78. The van der Waals surface area contributed by atoms with E-state index in [4.69, 9.17) is 16.7 Å². The molecule has 2 aromatic rings. The summed E-state index contributed by atoms with van der Waals surface area (Å²) in [4.78, 5) is -0.00777. The molecule has 0 unspecified atom stereocenters. The molecule has 6 nitrogen and oxygen atoms in total. The zero-order valence-electron chi connectivity index (χ0n) is 9.62. The number of nitrogens with zero attached hydrogens (tertiary/aromatic N) is 2. The first kappa shape index (κ1) is 13.7. The molecule has 0 saturated carbocycles. The van der Waals surface area contributed by atoms with Gasteiger partial charge in [-0.25, -0.2) is 8.42 Å². The van der Waals surface area contributed by atoms with Crippen LogP contribution in [0.15, 0.2) is 41.4 Å². The van der Waals surface area contributed by atoms with Crippen LogP contribution in [0.2, 0.25) is 5.02 Å². The monoisotopic (exact) mass is 299 g/mol. The maximum absolute atomic E-state index is 12.1. The Morgan fingerprint density at radius 3 is 2.74 bits per heavy atom. The van der Waals surface area contributed by atoms with Crippen LogP contribution in [-0.4, -0.2) is 23.7 Å². The molecule has 0 bridgehead atoms. The van der Waals surface area contributed by atoms with Crippen LogP contribution in [0.5, 0.6) is 0 Å². The molecule has 0 amide bonds. The first-order chi connectivity index (χ1) is 9.03. The molecule has 8 heteroatoms. The average Bonchev–Trinajstić information content (AvgIpc) is 2.39. The van der Waals surface area contributed by atoms with Crippen molar-refractivity contribution in [2.24, 2.45) is 0 Å². The summed E-state index contributed by atoms with van der Waals surface area (Å²) >= 11 is 5.81. The smallest absolute Gasteiger partial charge is 0.263 e. The van der Waals surface area contributed by atoms with Gasteiger partial charge in [0.15, 0.2) is 5.82 Å². The number of halogens is 1. The zero-order chi connectivity index (χ0) is 13.9. The molecule has 100 valence electrons. The Hall–Kier alpha value is -1.70. The minimum Gasteiger partial charge on any atom is -0.392 e. The fourth-order valence-corrected chi connectivity index (χ4v) is 2.62. The summed E-state index contributed by atoms with van der Waals surface area (Å²) < 4.78 is 26.4. The Bertz CT molecular complexity index is 677. The predicted octanol–water partition coefficient (Wildman–Crippen LogP) is 1.42. The van der Waals surface area contributed by atoms with Gasteiger partial charge in [0.2, 0.25) is 0 Å². The van der Waals surface area contributed by atoms with Crippen LogP contribution in [0.1, 0.15) is 5.56 Å². The molecule has 2 N–H and O–H groups in total. The van der Waals surface area contributed by atoms with Gasteiger partial charge in [0, 0.05) is 11.2 Å². The van der Waals surface area contributed by atoms with Gasteiger partial charge in [-0.1, -0.05) is 11.6 Å². The van der Waals surface area contributed by atoms with Crippen LogP contribution in [0, 0.1) is 0 Å². The standard InChI is InChI=1S/C11H10ClN3O3S/c12-10-4-3-9(6-8(10)7-16)19(17,18)15-11-2-1-5-13-14-11/h1-6,16H,7H2,(H,14,15). The van der Waals surface area contributed by atoms with Crippen molar-refractivity contribution in [2.45, 2.75) is 11.5 Å². The number of hydrogen-bond acceptors (Lipinski definition) is 5. The van der Waals surface area contributed by atoms with E-state index >= 15 is 0 Å². The van der Waals surface area contributed by atoms with Crippen LogP contribution in [-0.2, 0) is 16.6 Å². The van der Waals surface area contributed by atoms with E-state index in [-0.39, 0.29) is 17.3 Å². The van der Waals surface area contributed by atoms with Gasteiger partial charge in [-0.05, 0) is 35.9 Å². The third kappa shape index (κ3) is 3.19. The number of anilines is 1. The minimum atomic E-state index is -3.78. The van der Waals surface area contributed by atoms with Crippen LogP contribution < -0.4 is 4.72 Å². The summed E-state index contributed by atoms with van der Waals surface area (Å²) in [6.45, 7) is -0.340. The van der Waals surface area contributed by atoms with Crippen molar-refractivity contribution in [3.05, 3.63) is 47.1 Å². The van der Waals surface area contributed by atoms with Crippen molar-refractivity contribution >= 4 is 27.4 Å². The molecule has 0 fully saturated rings. The number of nitrogens with one attached hydrogen (secondary N) is 1. The average molecular weight is 300 g/mol. The SMILES string of the molecule is O=S(=O)(Nc1cccnn1)c1ccc(Cl)c(CO)c1. The molecular formula is C11H10ClN3O3S. The number of sulfonamides is 1. The third-order valence-electron chi connectivity index (χ3n) is 2.31. The van der Waals surface area contributed by atoms with Gasteiger partial charge in [-0.15, -0.1) is 5.10 Å². The molecular weight excluding hydrogens is 290 g/mol. The van der Waals surface area contributed by atoms with E-state index in [0.29, 0.717) is 10.6 Å². The van der Waals surface area contributed by atoms with E-state index in [1.54, 1.807) is 6.07 Å². The highest BCUT2D eigenvalue weighted by Gasteiger charge is 2.16. The molecule has 1 aromatic carbocycles. The Balaban J connectivity index is 2.35. The molecule has 1 aromatic heterocycles. The fraction of sp³-hybridized carbons (Fsp3) is 0.0909. The van der Waals surface area contributed by atoms with Crippen LogP contribution in [0.25, 0.3) is 0 Å². The van der Waals surface area contributed by atoms with Crippen molar-refractivity contribution < 1.29 is 13.5 Å². The van der Waals surface area contributed by atoms with Crippen molar-refractivity contribution in [3.8, 4) is 0 Å². The Morgan fingerprint density at radius 2 is 2.11 bits per heavy atom. The molecule has 19 heavy (non-hydrogen) atoms. The first-order valence-corrected chi connectivity index (χ1v) is 7.09. The van der Waals surface area contributed by atoms with E-state index in [9.17, 15) is 8.42 Å².